The number of carbonyl (C=O) groups is 1. The lowest BCUT2D eigenvalue weighted by molar-refractivity contribution is -0.105. The highest BCUT2D eigenvalue weighted by atomic mass is 16.5. The predicted molar refractivity (Wildman–Crippen MR) is 52.3 cm³/mol. The monoisotopic (exact) mass is 180 g/mol. The van der Waals surface area contributed by atoms with E-state index in [0.29, 0.717) is 11.3 Å². The van der Waals surface area contributed by atoms with Crippen molar-refractivity contribution in [1.82, 2.24) is 0 Å². The Morgan fingerprint density at radius 3 is 2.77 bits per heavy atom. The molecule has 0 unspecified atom stereocenters. The van der Waals surface area contributed by atoms with Gasteiger partial charge < -0.3 is 4.74 Å². The minimum atomic E-state index is -0.166. The van der Waals surface area contributed by atoms with Gasteiger partial charge in [-0.05, 0) is 39.2 Å². The van der Waals surface area contributed by atoms with Gasteiger partial charge in [-0.1, -0.05) is 6.58 Å². The van der Waals surface area contributed by atoms with Gasteiger partial charge in [0.05, 0.1) is 0 Å². The zero-order valence-corrected chi connectivity index (χ0v) is 8.52. The minimum Gasteiger partial charge on any atom is -0.487 e. The highest BCUT2D eigenvalue weighted by Crippen LogP contribution is 2.33. The Labute approximate surface area is 79.3 Å². The summed E-state index contributed by atoms with van der Waals surface area (Å²) in [6.07, 6.45) is 2.73. The molecular formula is C11H16O2. The largest absolute Gasteiger partial charge is 0.487 e. The Morgan fingerprint density at radius 1 is 1.62 bits per heavy atom. The van der Waals surface area contributed by atoms with Crippen molar-refractivity contribution in [3.05, 3.63) is 23.5 Å². The smallest absolute Gasteiger partial charge is 0.153 e. The van der Waals surface area contributed by atoms with Crippen molar-refractivity contribution in [1.29, 1.82) is 0 Å². The first kappa shape index (κ1) is 10.0. The maximum Gasteiger partial charge on any atom is 0.153 e. The van der Waals surface area contributed by atoms with E-state index in [-0.39, 0.29) is 5.60 Å². The second-order valence-corrected chi connectivity index (χ2v) is 4.11. The van der Waals surface area contributed by atoms with Crippen molar-refractivity contribution >= 4 is 6.29 Å². The Balaban J connectivity index is 2.93. The third kappa shape index (κ3) is 2.20. The fourth-order valence-corrected chi connectivity index (χ4v) is 1.41. The zero-order valence-electron chi connectivity index (χ0n) is 8.52. The van der Waals surface area contributed by atoms with Crippen LogP contribution < -0.4 is 0 Å². The van der Waals surface area contributed by atoms with Crippen LogP contribution in [0.25, 0.3) is 0 Å². The Hall–Kier alpha value is -1.05. The number of hydrogen-bond acceptors (Lipinski definition) is 2. The van der Waals surface area contributed by atoms with Crippen molar-refractivity contribution in [2.24, 2.45) is 0 Å². The van der Waals surface area contributed by atoms with Gasteiger partial charge in [0.2, 0.25) is 0 Å². The molecule has 1 rings (SSSR count). The van der Waals surface area contributed by atoms with Gasteiger partial charge >= 0.3 is 0 Å². The molecule has 0 N–H and O–H groups in total. The van der Waals surface area contributed by atoms with Gasteiger partial charge in [0.25, 0.3) is 0 Å². The van der Waals surface area contributed by atoms with Crippen LogP contribution in [-0.2, 0) is 9.53 Å². The van der Waals surface area contributed by atoms with Crippen LogP contribution in [-0.4, -0.2) is 11.9 Å². The molecule has 0 saturated heterocycles. The van der Waals surface area contributed by atoms with Gasteiger partial charge in [-0.15, -0.1) is 0 Å². The Morgan fingerprint density at radius 2 is 2.23 bits per heavy atom. The second kappa shape index (κ2) is 3.36. The maximum atomic E-state index is 10.5. The number of hydrogen-bond donors (Lipinski definition) is 0. The quantitative estimate of drug-likeness (QED) is 0.482. The Kier molecular flexibility index (Phi) is 2.60. The molecule has 0 spiro atoms. The lowest BCUT2D eigenvalue weighted by Gasteiger charge is -2.33. The van der Waals surface area contributed by atoms with Gasteiger partial charge in [-0.2, -0.15) is 0 Å². The van der Waals surface area contributed by atoms with Crippen molar-refractivity contribution in [3.8, 4) is 0 Å². The normalized spacial score (nSPS) is 20.8. The average molecular weight is 180 g/mol. The van der Waals surface area contributed by atoms with Crippen LogP contribution in [0.15, 0.2) is 23.5 Å². The molecule has 0 amide bonds. The summed E-state index contributed by atoms with van der Waals surface area (Å²) >= 11 is 0. The van der Waals surface area contributed by atoms with Crippen LogP contribution in [0.3, 0.4) is 0 Å². The lowest BCUT2D eigenvalue weighted by atomic mass is 9.94. The molecule has 1 aliphatic rings. The molecule has 2 nitrogen and oxygen atoms in total. The van der Waals surface area contributed by atoms with Crippen LogP contribution in [0.1, 0.15) is 33.6 Å². The van der Waals surface area contributed by atoms with Crippen LogP contribution in [0.4, 0.5) is 0 Å². The third-order valence-electron chi connectivity index (χ3n) is 2.30. The summed E-state index contributed by atoms with van der Waals surface area (Å²) in [5.41, 5.74) is 1.41. The van der Waals surface area contributed by atoms with E-state index < -0.39 is 0 Å². The first-order valence-electron chi connectivity index (χ1n) is 4.49. The molecule has 0 aromatic carbocycles. The van der Waals surface area contributed by atoms with E-state index in [2.05, 4.69) is 6.58 Å². The summed E-state index contributed by atoms with van der Waals surface area (Å²) in [5.74, 6) is 0.686. The summed E-state index contributed by atoms with van der Waals surface area (Å²) in [4.78, 5) is 10.5. The first-order valence-corrected chi connectivity index (χ1v) is 4.49. The topological polar surface area (TPSA) is 26.3 Å². The standard InChI is InChI=1S/C11H16O2/c1-8-5-6-11(3,4)13-10(8)9(2)7-12/h7H,2,5-6H2,1,3-4H3. The Bertz CT molecular complexity index is 272. The van der Waals surface area contributed by atoms with E-state index in [1.165, 1.54) is 0 Å². The van der Waals surface area contributed by atoms with E-state index in [9.17, 15) is 4.79 Å². The van der Waals surface area contributed by atoms with Crippen molar-refractivity contribution in [3.63, 3.8) is 0 Å². The molecule has 1 heterocycles. The predicted octanol–water partition coefficient (Wildman–Crippen LogP) is 2.60. The van der Waals surface area contributed by atoms with Crippen molar-refractivity contribution in [2.75, 3.05) is 0 Å². The van der Waals surface area contributed by atoms with Gasteiger partial charge in [-0.3, -0.25) is 4.79 Å². The average Bonchev–Trinajstić information content (AvgIpc) is 2.08. The highest BCUT2D eigenvalue weighted by Gasteiger charge is 2.27. The summed E-state index contributed by atoms with van der Waals surface area (Å²) in [6.45, 7) is 9.70. The number of aldehydes is 1. The second-order valence-electron chi connectivity index (χ2n) is 4.11. The molecule has 0 aliphatic carbocycles. The SMILES string of the molecule is C=C(C=O)C1=C(C)CCC(C)(C)O1. The van der Waals surface area contributed by atoms with Gasteiger partial charge in [0.15, 0.2) is 6.29 Å². The van der Waals surface area contributed by atoms with Gasteiger partial charge in [-0.25, -0.2) is 0 Å². The number of allylic oxidation sites excluding steroid dienone is 2. The molecule has 13 heavy (non-hydrogen) atoms. The molecule has 0 saturated carbocycles. The lowest BCUT2D eigenvalue weighted by Crippen LogP contribution is -2.28. The summed E-state index contributed by atoms with van der Waals surface area (Å²) in [6, 6.07) is 0. The van der Waals surface area contributed by atoms with E-state index in [0.717, 1.165) is 24.7 Å². The molecule has 72 valence electrons. The summed E-state index contributed by atoms with van der Waals surface area (Å²) in [5, 5.41) is 0. The molecule has 0 aromatic rings. The molecular weight excluding hydrogens is 164 g/mol. The van der Waals surface area contributed by atoms with Crippen molar-refractivity contribution < 1.29 is 9.53 Å². The molecule has 0 radical (unpaired) electrons. The van der Waals surface area contributed by atoms with Crippen LogP contribution >= 0.6 is 0 Å². The molecule has 0 fully saturated rings. The van der Waals surface area contributed by atoms with E-state index in [1.807, 2.05) is 20.8 Å². The maximum absolute atomic E-state index is 10.5. The molecule has 0 atom stereocenters. The number of carbonyl (C=O) groups excluding carboxylic acids is 1. The highest BCUT2D eigenvalue weighted by molar-refractivity contribution is 5.78. The number of ether oxygens (including phenoxy) is 1. The van der Waals surface area contributed by atoms with Crippen LogP contribution in [0.5, 0.6) is 0 Å². The van der Waals surface area contributed by atoms with Crippen molar-refractivity contribution in [2.45, 2.75) is 39.2 Å². The van der Waals surface area contributed by atoms with Gasteiger partial charge in [0, 0.05) is 5.57 Å². The van der Waals surface area contributed by atoms with E-state index in [4.69, 9.17) is 4.74 Å². The van der Waals surface area contributed by atoms with E-state index in [1.54, 1.807) is 0 Å². The molecule has 0 aromatic heterocycles. The van der Waals surface area contributed by atoms with E-state index >= 15 is 0 Å². The fraction of sp³-hybridized carbons (Fsp3) is 0.545. The number of rotatable bonds is 2. The first-order chi connectivity index (χ1) is 5.96. The fourth-order valence-electron chi connectivity index (χ4n) is 1.41. The molecule has 2 heteroatoms. The van der Waals surface area contributed by atoms with Gasteiger partial charge in [0.1, 0.15) is 11.4 Å². The summed E-state index contributed by atoms with van der Waals surface area (Å²) < 4.78 is 5.69. The minimum absolute atomic E-state index is 0.166. The van der Waals surface area contributed by atoms with Crippen LogP contribution in [0, 0.1) is 0 Å². The molecule has 1 aliphatic heterocycles. The van der Waals surface area contributed by atoms with Crippen LogP contribution in [0.2, 0.25) is 0 Å². The zero-order chi connectivity index (χ0) is 10.1. The molecule has 0 bridgehead atoms. The summed E-state index contributed by atoms with van der Waals surface area (Å²) in [7, 11) is 0. The third-order valence-corrected chi connectivity index (χ3v) is 2.30.